The highest BCUT2D eigenvalue weighted by Crippen LogP contribution is 2.15. The highest BCUT2D eigenvalue weighted by atomic mass is 16.5. The standard InChI is InChI=1S/C13H28NO2/c1-7-8-9-14(5,6)10-11-16-12(15)13(2,3)4/h7-11H2,1-6H3/q+1. The normalized spacial score (nSPS) is 12.6. The molecule has 0 aliphatic heterocycles. The van der Waals surface area contributed by atoms with E-state index in [-0.39, 0.29) is 11.4 Å². The lowest BCUT2D eigenvalue weighted by Crippen LogP contribution is -2.43. The van der Waals surface area contributed by atoms with Gasteiger partial charge in [0.25, 0.3) is 0 Å². The van der Waals surface area contributed by atoms with Crippen molar-refractivity contribution in [1.82, 2.24) is 0 Å². The topological polar surface area (TPSA) is 26.3 Å². The van der Waals surface area contributed by atoms with E-state index < -0.39 is 0 Å². The monoisotopic (exact) mass is 230 g/mol. The average Bonchev–Trinajstić information content (AvgIpc) is 2.13. The first-order valence-electron chi connectivity index (χ1n) is 6.18. The quantitative estimate of drug-likeness (QED) is 0.517. The molecular formula is C13H28NO2+. The first-order chi connectivity index (χ1) is 7.19. The number of hydrogen-bond donors (Lipinski definition) is 0. The Morgan fingerprint density at radius 1 is 1.19 bits per heavy atom. The van der Waals surface area contributed by atoms with Gasteiger partial charge in [-0.15, -0.1) is 0 Å². The summed E-state index contributed by atoms with van der Waals surface area (Å²) in [6.45, 7) is 10.4. The van der Waals surface area contributed by atoms with E-state index in [1.165, 1.54) is 12.8 Å². The predicted molar refractivity (Wildman–Crippen MR) is 67.2 cm³/mol. The van der Waals surface area contributed by atoms with Gasteiger partial charge in [0.15, 0.2) is 0 Å². The zero-order valence-electron chi connectivity index (χ0n) is 11.8. The van der Waals surface area contributed by atoms with Crippen molar-refractivity contribution in [2.24, 2.45) is 5.41 Å². The summed E-state index contributed by atoms with van der Waals surface area (Å²) in [7, 11) is 4.36. The van der Waals surface area contributed by atoms with Crippen LogP contribution in [0.5, 0.6) is 0 Å². The van der Waals surface area contributed by atoms with Crippen LogP contribution >= 0.6 is 0 Å². The van der Waals surface area contributed by atoms with Crippen molar-refractivity contribution in [2.75, 3.05) is 33.8 Å². The second-order valence-electron chi connectivity index (χ2n) is 6.12. The van der Waals surface area contributed by atoms with Gasteiger partial charge in [-0.2, -0.15) is 0 Å². The van der Waals surface area contributed by atoms with Crippen LogP contribution in [0.2, 0.25) is 0 Å². The molecule has 3 heteroatoms. The number of nitrogens with zero attached hydrogens (tertiary/aromatic N) is 1. The number of ether oxygens (including phenoxy) is 1. The van der Waals surface area contributed by atoms with Crippen LogP contribution in [-0.2, 0) is 9.53 Å². The number of rotatable bonds is 6. The van der Waals surface area contributed by atoms with Gasteiger partial charge in [0.2, 0.25) is 0 Å². The lowest BCUT2D eigenvalue weighted by atomic mass is 9.97. The zero-order chi connectivity index (χ0) is 12.8. The minimum atomic E-state index is -0.388. The second-order valence-corrected chi connectivity index (χ2v) is 6.12. The molecule has 0 rings (SSSR count). The molecule has 3 nitrogen and oxygen atoms in total. The molecule has 16 heavy (non-hydrogen) atoms. The molecule has 0 saturated carbocycles. The molecule has 0 bridgehead atoms. The summed E-state index contributed by atoms with van der Waals surface area (Å²) in [5.41, 5.74) is -0.388. The average molecular weight is 230 g/mol. The molecule has 0 aliphatic carbocycles. The van der Waals surface area contributed by atoms with Crippen molar-refractivity contribution in [3.8, 4) is 0 Å². The van der Waals surface area contributed by atoms with Crippen molar-refractivity contribution < 1.29 is 14.0 Å². The summed E-state index contributed by atoms with van der Waals surface area (Å²) in [5.74, 6) is -0.108. The third kappa shape index (κ3) is 6.83. The Morgan fingerprint density at radius 2 is 1.75 bits per heavy atom. The number of esters is 1. The third-order valence-electron chi connectivity index (χ3n) is 2.66. The van der Waals surface area contributed by atoms with Crippen LogP contribution in [0.3, 0.4) is 0 Å². The molecule has 0 atom stereocenters. The zero-order valence-corrected chi connectivity index (χ0v) is 11.8. The highest BCUT2D eigenvalue weighted by molar-refractivity contribution is 5.75. The Hall–Kier alpha value is -0.570. The second kappa shape index (κ2) is 6.24. The fourth-order valence-electron chi connectivity index (χ4n) is 1.30. The molecule has 0 spiro atoms. The summed E-state index contributed by atoms with van der Waals surface area (Å²) in [5, 5.41) is 0. The summed E-state index contributed by atoms with van der Waals surface area (Å²) in [6, 6.07) is 0. The maximum absolute atomic E-state index is 11.5. The Kier molecular flexibility index (Phi) is 6.01. The molecule has 0 radical (unpaired) electrons. The van der Waals surface area contributed by atoms with E-state index in [2.05, 4.69) is 21.0 Å². The molecule has 0 saturated heterocycles. The molecule has 0 aromatic heterocycles. The lowest BCUT2D eigenvalue weighted by Gasteiger charge is -2.29. The van der Waals surface area contributed by atoms with Crippen LogP contribution in [0.15, 0.2) is 0 Å². The summed E-state index contributed by atoms with van der Waals surface area (Å²) in [4.78, 5) is 11.5. The van der Waals surface area contributed by atoms with Gasteiger partial charge < -0.3 is 9.22 Å². The van der Waals surface area contributed by atoms with Crippen molar-refractivity contribution in [3.05, 3.63) is 0 Å². The van der Waals surface area contributed by atoms with Gasteiger partial charge in [-0.3, -0.25) is 4.79 Å². The van der Waals surface area contributed by atoms with Crippen LogP contribution in [0.25, 0.3) is 0 Å². The van der Waals surface area contributed by atoms with E-state index in [0.29, 0.717) is 6.61 Å². The minimum absolute atomic E-state index is 0.108. The molecule has 96 valence electrons. The molecule has 0 aromatic rings. The number of hydrogen-bond acceptors (Lipinski definition) is 2. The first-order valence-corrected chi connectivity index (χ1v) is 6.18. The van der Waals surface area contributed by atoms with Crippen molar-refractivity contribution in [3.63, 3.8) is 0 Å². The molecule has 0 fully saturated rings. The summed E-state index contributed by atoms with van der Waals surface area (Å²) >= 11 is 0. The van der Waals surface area contributed by atoms with Crippen molar-refractivity contribution in [2.45, 2.75) is 40.5 Å². The molecule has 0 N–H and O–H groups in total. The maximum Gasteiger partial charge on any atom is 0.311 e. The van der Waals surface area contributed by atoms with Crippen LogP contribution in [0.1, 0.15) is 40.5 Å². The Morgan fingerprint density at radius 3 is 2.19 bits per heavy atom. The van der Waals surface area contributed by atoms with Crippen molar-refractivity contribution in [1.29, 1.82) is 0 Å². The van der Waals surface area contributed by atoms with E-state index >= 15 is 0 Å². The van der Waals surface area contributed by atoms with Crippen LogP contribution in [-0.4, -0.2) is 44.2 Å². The van der Waals surface area contributed by atoms with Gasteiger partial charge in [-0.05, 0) is 27.2 Å². The number of unbranched alkanes of at least 4 members (excludes halogenated alkanes) is 1. The van der Waals surface area contributed by atoms with Crippen LogP contribution < -0.4 is 0 Å². The van der Waals surface area contributed by atoms with E-state index in [9.17, 15) is 4.79 Å². The fraction of sp³-hybridized carbons (Fsp3) is 0.923. The SMILES string of the molecule is CCCC[N+](C)(C)CCOC(=O)C(C)(C)C. The number of likely N-dealkylation sites (N-methyl/N-ethyl adjacent to an activating group) is 1. The molecule has 0 heterocycles. The van der Waals surface area contributed by atoms with E-state index in [1.54, 1.807) is 0 Å². The van der Waals surface area contributed by atoms with Gasteiger partial charge in [0, 0.05) is 0 Å². The van der Waals surface area contributed by atoms with Gasteiger partial charge >= 0.3 is 5.97 Å². The van der Waals surface area contributed by atoms with Gasteiger partial charge in [-0.1, -0.05) is 13.3 Å². The maximum atomic E-state index is 11.5. The predicted octanol–water partition coefficient (Wildman–Crippen LogP) is 2.45. The number of carbonyl (C=O) groups is 1. The van der Waals surface area contributed by atoms with Crippen LogP contribution in [0, 0.1) is 5.41 Å². The Balaban J connectivity index is 3.85. The van der Waals surface area contributed by atoms with Crippen LogP contribution in [0.4, 0.5) is 0 Å². The molecule has 0 aliphatic rings. The third-order valence-corrected chi connectivity index (χ3v) is 2.66. The summed E-state index contributed by atoms with van der Waals surface area (Å²) in [6.07, 6.45) is 2.43. The van der Waals surface area contributed by atoms with E-state index in [1.807, 2.05) is 20.8 Å². The molecular weight excluding hydrogens is 202 g/mol. The smallest absolute Gasteiger partial charge is 0.311 e. The van der Waals surface area contributed by atoms with Gasteiger partial charge in [0.05, 0.1) is 26.1 Å². The molecule has 0 unspecified atom stereocenters. The lowest BCUT2D eigenvalue weighted by molar-refractivity contribution is -0.890. The Labute approximate surface area is 100 Å². The number of quaternary nitrogens is 1. The largest absolute Gasteiger partial charge is 0.459 e. The highest BCUT2D eigenvalue weighted by Gasteiger charge is 2.24. The fourth-order valence-corrected chi connectivity index (χ4v) is 1.30. The Bertz CT molecular complexity index is 216. The molecule has 0 amide bonds. The van der Waals surface area contributed by atoms with E-state index in [4.69, 9.17) is 4.74 Å². The first kappa shape index (κ1) is 15.4. The van der Waals surface area contributed by atoms with E-state index in [0.717, 1.165) is 17.6 Å². The molecule has 0 aromatic carbocycles. The van der Waals surface area contributed by atoms with Crippen molar-refractivity contribution >= 4 is 5.97 Å². The van der Waals surface area contributed by atoms with Gasteiger partial charge in [-0.25, -0.2) is 0 Å². The van der Waals surface area contributed by atoms with Gasteiger partial charge in [0.1, 0.15) is 13.2 Å². The minimum Gasteiger partial charge on any atom is -0.459 e. The number of carbonyl (C=O) groups excluding carboxylic acids is 1. The summed E-state index contributed by atoms with van der Waals surface area (Å²) < 4.78 is 6.19.